The van der Waals surface area contributed by atoms with Crippen molar-refractivity contribution in [1.82, 2.24) is 15.1 Å². The number of halogens is 1. The zero-order chi connectivity index (χ0) is 29.5. The molecule has 0 aliphatic carbocycles. The van der Waals surface area contributed by atoms with Gasteiger partial charge < -0.3 is 10.6 Å². The fourth-order valence-electron chi connectivity index (χ4n) is 4.50. The van der Waals surface area contributed by atoms with Gasteiger partial charge in [-0.1, -0.05) is 83.9 Å². The number of benzene rings is 4. The number of rotatable bonds is 10. The van der Waals surface area contributed by atoms with Gasteiger partial charge in [-0.2, -0.15) is 10.4 Å². The molecule has 0 saturated carbocycles. The van der Waals surface area contributed by atoms with Gasteiger partial charge in [0.05, 0.1) is 5.69 Å². The molecule has 0 fully saturated rings. The summed E-state index contributed by atoms with van der Waals surface area (Å²) in [7, 11) is 0. The molecule has 0 radical (unpaired) electrons. The first-order valence-electron chi connectivity index (χ1n) is 13.5. The van der Waals surface area contributed by atoms with Crippen LogP contribution in [0.1, 0.15) is 44.0 Å². The molecule has 4 aromatic carbocycles. The number of nitrogens with one attached hydrogen (secondary N) is 2. The summed E-state index contributed by atoms with van der Waals surface area (Å²) in [6, 6.07) is 33.8. The number of aromatic nitrogens is 2. The molecule has 0 unspecified atom stereocenters. The number of aryl methyl sites for hydroxylation is 1. The largest absolute Gasteiger partial charge is 0.369 e. The Morgan fingerprint density at radius 2 is 1.48 bits per heavy atom. The lowest BCUT2D eigenvalue weighted by atomic mass is 10.0. The first-order valence-corrected chi connectivity index (χ1v) is 13.9. The van der Waals surface area contributed by atoms with Crippen LogP contribution >= 0.6 is 11.6 Å². The highest BCUT2D eigenvalue weighted by molar-refractivity contribution is 6.30. The highest BCUT2D eigenvalue weighted by atomic mass is 35.5. The second-order valence-corrected chi connectivity index (χ2v) is 10.2. The van der Waals surface area contributed by atoms with Crippen LogP contribution in [0.25, 0.3) is 16.8 Å². The van der Waals surface area contributed by atoms with Crippen LogP contribution in [0.2, 0.25) is 5.02 Å². The van der Waals surface area contributed by atoms with Gasteiger partial charge in [0.1, 0.15) is 17.5 Å². The van der Waals surface area contributed by atoms with Crippen LogP contribution in [0.3, 0.4) is 0 Å². The average molecular weight is 574 g/mol. The highest BCUT2D eigenvalue weighted by Gasteiger charge is 2.25. The molecule has 5 aromatic rings. The van der Waals surface area contributed by atoms with Crippen molar-refractivity contribution >= 4 is 29.1 Å². The highest BCUT2D eigenvalue weighted by Crippen LogP contribution is 2.26. The summed E-state index contributed by atoms with van der Waals surface area (Å²) < 4.78 is 1.54. The predicted octanol–water partition coefficient (Wildman–Crippen LogP) is 6.84. The summed E-state index contributed by atoms with van der Waals surface area (Å²) in [5, 5.41) is 21.4. The zero-order valence-electron chi connectivity index (χ0n) is 23.0. The van der Waals surface area contributed by atoms with Gasteiger partial charge in [-0.15, -0.1) is 0 Å². The van der Waals surface area contributed by atoms with Crippen LogP contribution in [0.15, 0.2) is 103 Å². The van der Waals surface area contributed by atoms with Gasteiger partial charge in [0.2, 0.25) is 5.78 Å². The number of hydrogen-bond donors (Lipinski definition) is 2. The normalized spacial score (nSPS) is 10.6. The van der Waals surface area contributed by atoms with Crippen LogP contribution in [0.5, 0.6) is 0 Å². The molecule has 42 heavy (non-hydrogen) atoms. The minimum atomic E-state index is -0.340. The molecule has 2 N–H and O–H groups in total. The Kier molecular flexibility index (Phi) is 8.76. The third-order valence-corrected chi connectivity index (χ3v) is 7.03. The van der Waals surface area contributed by atoms with E-state index in [1.165, 1.54) is 0 Å². The van der Waals surface area contributed by atoms with E-state index < -0.39 is 0 Å². The van der Waals surface area contributed by atoms with Gasteiger partial charge >= 0.3 is 0 Å². The summed E-state index contributed by atoms with van der Waals surface area (Å²) in [5.74, 6) is -0.101. The van der Waals surface area contributed by atoms with Crippen LogP contribution in [-0.2, 0) is 0 Å². The molecule has 1 aromatic heterocycles. The summed E-state index contributed by atoms with van der Waals surface area (Å²) in [4.78, 5) is 26.0. The van der Waals surface area contributed by atoms with E-state index in [4.69, 9.17) is 11.6 Å². The van der Waals surface area contributed by atoms with E-state index in [0.717, 1.165) is 16.7 Å². The molecule has 0 bridgehead atoms. The molecule has 8 heteroatoms. The van der Waals surface area contributed by atoms with E-state index >= 15 is 0 Å². The Hall–Kier alpha value is -5.19. The van der Waals surface area contributed by atoms with Crippen LogP contribution in [0, 0.1) is 18.3 Å². The van der Waals surface area contributed by atoms with Crippen molar-refractivity contribution in [3.63, 3.8) is 0 Å². The fourth-order valence-corrected chi connectivity index (χ4v) is 4.63. The molecule has 0 atom stereocenters. The number of anilines is 1. The second-order valence-electron chi connectivity index (χ2n) is 9.75. The smallest absolute Gasteiger partial charge is 0.251 e. The average Bonchev–Trinajstić information content (AvgIpc) is 3.40. The summed E-state index contributed by atoms with van der Waals surface area (Å²) in [6.07, 6.45) is 0.575. The molecule has 1 amide bonds. The van der Waals surface area contributed by atoms with Crippen molar-refractivity contribution in [3.05, 3.63) is 136 Å². The fraction of sp³-hybridized carbons (Fsp3) is 0.118. The molecule has 0 aliphatic rings. The second kappa shape index (κ2) is 13.0. The quantitative estimate of drug-likeness (QED) is 0.141. The lowest BCUT2D eigenvalue weighted by Gasteiger charge is -2.11. The van der Waals surface area contributed by atoms with Crippen molar-refractivity contribution < 1.29 is 9.59 Å². The number of nitriles is 1. The molecular formula is C34H28ClN5O2. The maximum atomic E-state index is 13.4. The molecule has 0 spiro atoms. The Morgan fingerprint density at radius 1 is 0.833 bits per heavy atom. The number of carbonyl (C=O) groups is 2. The molecule has 5 rings (SSSR count). The standard InChI is InChI=1S/C34H28ClN5O2/c1-23-8-10-26(11-9-23)32(41)31-30(22-36)33(40(39-31)29-18-16-28(35)17-19-29)37-20-5-21-38-34(42)27-14-12-25(13-15-27)24-6-3-2-4-7-24/h2-4,6-19,37H,5,20-21H2,1H3,(H,38,42). The van der Waals surface area contributed by atoms with E-state index in [9.17, 15) is 14.9 Å². The Bertz CT molecular complexity index is 1740. The van der Waals surface area contributed by atoms with E-state index in [2.05, 4.69) is 21.8 Å². The van der Waals surface area contributed by atoms with Gasteiger partial charge in [0, 0.05) is 29.2 Å². The molecule has 1 heterocycles. The summed E-state index contributed by atoms with van der Waals surface area (Å²) >= 11 is 6.08. The van der Waals surface area contributed by atoms with Crippen LogP contribution < -0.4 is 10.6 Å². The lowest BCUT2D eigenvalue weighted by molar-refractivity contribution is 0.0952. The number of ketones is 1. The van der Waals surface area contributed by atoms with Crippen LogP contribution in [0.4, 0.5) is 5.82 Å². The number of nitrogens with zero attached hydrogens (tertiary/aromatic N) is 3. The summed E-state index contributed by atoms with van der Waals surface area (Å²) in [6.45, 7) is 2.79. The maximum Gasteiger partial charge on any atom is 0.251 e. The zero-order valence-corrected chi connectivity index (χ0v) is 23.7. The SMILES string of the molecule is Cc1ccc(C(=O)c2nn(-c3ccc(Cl)cc3)c(NCCCNC(=O)c3ccc(-c4ccccc4)cc3)c2C#N)cc1. The minimum Gasteiger partial charge on any atom is -0.369 e. The van der Waals surface area contributed by atoms with Crippen molar-refractivity contribution in [2.24, 2.45) is 0 Å². The molecular weight excluding hydrogens is 546 g/mol. The van der Waals surface area contributed by atoms with Crippen molar-refractivity contribution in [2.45, 2.75) is 13.3 Å². The van der Waals surface area contributed by atoms with Gasteiger partial charge in [-0.05, 0) is 60.9 Å². The molecule has 0 aliphatic heterocycles. The number of carbonyl (C=O) groups excluding carboxylic acids is 2. The lowest BCUT2D eigenvalue weighted by Crippen LogP contribution is -2.26. The third kappa shape index (κ3) is 6.41. The first kappa shape index (κ1) is 28.3. The van der Waals surface area contributed by atoms with E-state index in [-0.39, 0.29) is 22.9 Å². The monoisotopic (exact) mass is 573 g/mol. The first-order chi connectivity index (χ1) is 20.4. The van der Waals surface area contributed by atoms with Crippen molar-refractivity contribution in [3.8, 4) is 22.9 Å². The maximum absolute atomic E-state index is 13.4. The van der Waals surface area contributed by atoms with E-state index in [0.29, 0.717) is 47.2 Å². The Balaban J connectivity index is 1.27. The predicted molar refractivity (Wildman–Crippen MR) is 165 cm³/mol. The van der Waals surface area contributed by atoms with Gasteiger partial charge in [0.25, 0.3) is 5.91 Å². The molecule has 0 saturated heterocycles. The molecule has 208 valence electrons. The van der Waals surface area contributed by atoms with Gasteiger partial charge in [-0.3, -0.25) is 9.59 Å². The topological polar surface area (TPSA) is 99.8 Å². The minimum absolute atomic E-state index is 0.0612. The van der Waals surface area contributed by atoms with E-state index in [1.54, 1.807) is 41.1 Å². The number of hydrogen-bond acceptors (Lipinski definition) is 5. The Morgan fingerprint density at radius 3 is 2.14 bits per heavy atom. The third-order valence-electron chi connectivity index (χ3n) is 6.78. The Labute approximate surface area is 249 Å². The van der Waals surface area contributed by atoms with E-state index in [1.807, 2.05) is 73.7 Å². The van der Waals surface area contributed by atoms with Crippen molar-refractivity contribution in [1.29, 1.82) is 5.26 Å². The van der Waals surface area contributed by atoms with Crippen molar-refractivity contribution in [2.75, 3.05) is 18.4 Å². The van der Waals surface area contributed by atoms with Gasteiger partial charge in [0.15, 0.2) is 5.69 Å². The summed E-state index contributed by atoms with van der Waals surface area (Å²) in [5.41, 5.74) is 5.05. The van der Waals surface area contributed by atoms with Gasteiger partial charge in [-0.25, -0.2) is 4.68 Å². The van der Waals surface area contributed by atoms with Crippen LogP contribution in [-0.4, -0.2) is 34.6 Å². The number of amides is 1. The molecule has 7 nitrogen and oxygen atoms in total.